The Bertz CT molecular complexity index is 993. The number of allylic oxidation sites excluding steroid dienone is 1. The molecule has 0 bridgehead atoms. The van der Waals surface area contributed by atoms with Crippen molar-refractivity contribution in [3.8, 4) is 5.69 Å². The van der Waals surface area contributed by atoms with E-state index in [0.717, 1.165) is 27.7 Å². The third-order valence-corrected chi connectivity index (χ3v) is 4.29. The third-order valence-electron chi connectivity index (χ3n) is 3.68. The molecule has 2 N–H and O–H groups in total. The average molecular weight is 463 g/mol. The second-order valence-corrected chi connectivity index (χ2v) is 7.79. The Balaban J connectivity index is 2.45. The van der Waals surface area contributed by atoms with Gasteiger partial charge in [0.2, 0.25) is 0 Å². The van der Waals surface area contributed by atoms with E-state index >= 15 is 0 Å². The summed E-state index contributed by atoms with van der Waals surface area (Å²) in [6.45, 7) is 3.91. The molecule has 0 aliphatic rings. The van der Waals surface area contributed by atoms with Crippen LogP contribution in [0.2, 0.25) is 0 Å². The molecule has 152 valence electrons. The molecule has 2 rings (SSSR count). The zero-order chi connectivity index (χ0) is 21.2. The number of ether oxygens (including phenoxy) is 1. The predicted molar refractivity (Wildman–Crippen MR) is 98.6 cm³/mol. The largest absolute Gasteiger partial charge is 0.445 e. The molecule has 2 aromatic rings. The van der Waals surface area contributed by atoms with E-state index in [-0.39, 0.29) is 22.3 Å². The SMILES string of the molecule is CC(C)(C)/C(F)=C(\COC(N)=O)Cn1ncn(-c2cc(F)c(Br)cc2F)c1=O. The van der Waals surface area contributed by atoms with Crippen molar-refractivity contribution in [2.24, 2.45) is 11.1 Å². The summed E-state index contributed by atoms with van der Waals surface area (Å²) in [5, 5.41) is 3.81. The first-order valence-corrected chi connectivity index (χ1v) is 8.80. The van der Waals surface area contributed by atoms with Gasteiger partial charge in [0.05, 0.1) is 16.7 Å². The monoisotopic (exact) mass is 462 g/mol. The van der Waals surface area contributed by atoms with Crippen molar-refractivity contribution in [3.05, 3.63) is 56.5 Å². The van der Waals surface area contributed by atoms with Crippen LogP contribution in [0.5, 0.6) is 0 Å². The van der Waals surface area contributed by atoms with Gasteiger partial charge in [0, 0.05) is 17.1 Å². The van der Waals surface area contributed by atoms with Crippen LogP contribution >= 0.6 is 15.9 Å². The second-order valence-electron chi connectivity index (χ2n) is 6.93. The minimum atomic E-state index is -1.11. The summed E-state index contributed by atoms with van der Waals surface area (Å²) in [6.07, 6.45) is -0.125. The minimum absolute atomic E-state index is 0.0406. The van der Waals surface area contributed by atoms with Gasteiger partial charge in [-0.2, -0.15) is 5.10 Å². The molecular formula is C17H18BrF3N4O3. The van der Waals surface area contributed by atoms with Crippen molar-refractivity contribution in [1.29, 1.82) is 0 Å². The van der Waals surface area contributed by atoms with E-state index in [1.54, 1.807) is 20.8 Å². The van der Waals surface area contributed by atoms with Crippen LogP contribution in [0.4, 0.5) is 18.0 Å². The number of amides is 1. The summed E-state index contributed by atoms with van der Waals surface area (Å²) in [5.41, 5.74) is 2.76. The number of aromatic nitrogens is 3. The van der Waals surface area contributed by atoms with Crippen molar-refractivity contribution in [3.63, 3.8) is 0 Å². The molecule has 0 spiro atoms. The molecule has 1 heterocycles. The normalized spacial score (nSPS) is 12.7. The van der Waals surface area contributed by atoms with Crippen molar-refractivity contribution in [2.75, 3.05) is 6.61 Å². The molecule has 0 unspecified atom stereocenters. The molecule has 0 saturated carbocycles. The van der Waals surface area contributed by atoms with E-state index < -0.39 is 41.3 Å². The first-order valence-electron chi connectivity index (χ1n) is 8.01. The Morgan fingerprint density at radius 2 is 1.93 bits per heavy atom. The highest BCUT2D eigenvalue weighted by molar-refractivity contribution is 9.10. The number of nitrogens with two attached hydrogens (primary N) is 1. The summed E-state index contributed by atoms with van der Waals surface area (Å²) < 4.78 is 48.7. The molecule has 28 heavy (non-hydrogen) atoms. The molecule has 1 amide bonds. The minimum Gasteiger partial charge on any atom is -0.445 e. The third kappa shape index (κ3) is 4.83. The number of nitrogens with zero attached hydrogens (tertiary/aromatic N) is 3. The quantitative estimate of drug-likeness (QED) is 0.688. The summed E-state index contributed by atoms with van der Waals surface area (Å²) >= 11 is 2.85. The number of carbonyl (C=O) groups is 1. The Morgan fingerprint density at radius 3 is 2.50 bits per heavy atom. The van der Waals surface area contributed by atoms with Gasteiger partial charge in [0.15, 0.2) is 0 Å². The van der Waals surface area contributed by atoms with E-state index in [1.807, 2.05) is 0 Å². The Hall–Kier alpha value is -2.56. The Labute approximate surface area is 166 Å². The molecule has 0 atom stereocenters. The molecular weight excluding hydrogens is 445 g/mol. The van der Waals surface area contributed by atoms with Crippen LogP contribution in [0, 0.1) is 17.0 Å². The van der Waals surface area contributed by atoms with Crippen molar-refractivity contribution in [1.82, 2.24) is 14.3 Å². The van der Waals surface area contributed by atoms with Crippen molar-refractivity contribution >= 4 is 22.0 Å². The van der Waals surface area contributed by atoms with Crippen LogP contribution in [0.3, 0.4) is 0 Å². The van der Waals surface area contributed by atoms with Gasteiger partial charge >= 0.3 is 11.8 Å². The first-order chi connectivity index (χ1) is 12.9. The van der Waals surface area contributed by atoms with Gasteiger partial charge in [0.25, 0.3) is 0 Å². The number of hydrogen-bond acceptors (Lipinski definition) is 4. The number of primary amides is 1. The summed E-state index contributed by atoms with van der Waals surface area (Å²) in [4.78, 5) is 23.4. The lowest BCUT2D eigenvalue weighted by molar-refractivity contribution is 0.163. The van der Waals surface area contributed by atoms with E-state index in [2.05, 4.69) is 25.8 Å². The van der Waals surface area contributed by atoms with Crippen molar-refractivity contribution in [2.45, 2.75) is 27.3 Å². The van der Waals surface area contributed by atoms with Crippen molar-refractivity contribution < 1.29 is 22.7 Å². The van der Waals surface area contributed by atoms with Crippen LogP contribution in [-0.2, 0) is 11.3 Å². The van der Waals surface area contributed by atoms with Crippen LogP contribution in [0.1, 0.15) is 20.8 Å². The zero-order valence-corrected chi connectivity index (χ0v) is 16.9. The molecule has 0 saturated heterocycles. The Kier molecular flexibility index (Phi) is 6.37. The lowest BCUT2D eigenvalue weighted by Crippen LogP contribution is -2.27. The van der Waals surface area contributed by atoms with Gasteiger partial charge < -0.3 is 10.5 Å². The molecule has 7 nitrogen and oxygen atoms in total. The van der Waals surface area contributed by atoms with Gasteiger partial charge in [-0.25, -0.2) is 32.0 Å². The molecule has 1 aromatic carbocycles. The van der Waals surface area contributed by atoms with Crippen LogP contribution < -0.4 is 11.4 Å². The summed E-state index contributed by atoms with van der Waals surface area (Å²) in [7, 11) is 0. The van der Waals surface area contributed by atoms with E-state index in [4.69, 9.17) is 5.73 Å². The summed E-state index contributed by atoms with van der Waals surface area (Å²) in [6, 6.07) is 1.70. The predicted octanol–water partition coefficient (Wildman–Crippen LogP) is 3.44. The maximum absolute atomic E-state index is 14.7. The van der Waals surface area contributed by atoms with Gasteiger partial charge in [0.1, 0.15) is 30.4 Å². The zero-order valence-electron chi connectivity index (χ0n) is 15.3. The highest BCUT2D eigenvalue weighted by Crippen LogP contribution is 2.30. The highest BCUT2D eigenvalue weighted by atomic mass is 79.9. The Morgan fingerprint density at radius 1 is 1.29 bits per heavy atom. The molecule has 0 aliphatic carbocycles. The lowest BCUT2D eigenvalue weighted by Gasteiger charge is -2.20. The second kappa shape index (κ2) is 8.21. The standard InChI is InChI=1S/C17H18BrF3N4O3/c1-17(2,3)14(21)9(7-28-15(22)26)6-25-16(27)24(8-23-25)13-5-11(19)10(18)4-12(13)20/h4-5,8H,6-7H2,1-3H3,(H2,22,26)/b14-9+. The number of halogens is 4. The maximum atomic E-state index is 14.7. The van der Waals surface area contributed by atoms with Gasteiger partial charge in [-0.15, -0.1) is 0 Å². The molecule has 11 heteroatoms. The van der Waals surface area contributed by atoms with Gasteiger partial charge in [-0.1, -0.05) is 20.8 Å². The van der Waals surface area contributed by atoms with E-state index in [0.29, 0.717) is 0 Å². The fourth-order valence-electron chi connectivity index (χ4n) is 2.36. The first kappa shape index (κ1) is 21.7. The fourth-order valence-corrected chi connectivity index (χ4v) is 2.67. The van der Waals surface area contributed by atoms with Crippen LogP contribution in [0.25, 0.3) is 5.69 Å². The topological polar surface area (TPSA) is 92.1 Å². The van der Waals surface area contributed by atoms with Crippen LogP contribution in [0.15, 0.2) is 39.1 Å². The summed E-state index contributed by atoms with van der Waals surface area (Å²) in [5.74, 6) is -2.25. The van der Waals surface area contributed by atoms with Gasteiger partial charge in [-0.05, 0) is 22.0 Å². The highest BCUT2D eigenvalue weighted by Gasteiger charge is 2.24. The molecule has 0 fully saturated rings. The number of rotatable bonds is 5. The average Bonchev–Trinajstić information content (AvgIpc) is 2.93. The van der Waals surface area contributed by atoms with E-state index in [1.165, 1.54) is 0 Å². The fraction of sp³-hybridized carbons (Fsp3) is 0.353. The smallest absolute Gasteiger partial charge is 0.404 e. The molecule has 0 aliphatic heterocycles. The maximum Gasteiger partial charge on any atom is 0.404 e. The lowest BCUT2D eigenvalue weighted by atomic mass is 9.92. The van der Waals surface area contributed by atoms with Gasteiger partial charge in [-0.3, -0.25) is 0 Å². The molecule has 1 aromatic heterocycles. The van der Waals surface area contributed by atoms with Crippen LogP contribution in [-0.4, -0.2) is 27.0 Å². The number of carbonyl (C=O) groups excluding carboxylic acids is 1. The molecule has 0 radical (unpaired) electrons. The number of hydrogen-bond donors (Lipinski definition) is 1. The number of benzene rings is 1. The van der Waals surface area contributed by atoms with E-state index in [9.17, 15) is 22.8 Å².